The van der Waals surface area contributed by atoms with Crippen LogP contribution in [0, 0.1) is 11.3 Å². The molecule has 5 rings (SSSR count). The molecular weight excluding hydrogens is 454 g/mol. The van der Waals surface area contributed by atoms with Crippen LogP contribution in [-0.2, 0) is 17.9 Å². The molecule has 7 heteroatoms. The van der Waals surface area contributed by atoms with Gasteiger partial charge in [-0.25, -0.2) is 0 Å². The van der Waals surface area contributed by atoms with E-state index in [9.17, 15) is 4.79 Å². The summed E-state index contributed by atoms with van der Waals surface area (Å²) in [5.74, 6) is 2.83. The predicted octanol–water partition coefficient (Wildman–Crippen LogP) is 3.66. The van der Waals surface area contributed by atoms with Crippen LogP contribution >= 0.6 is 0 Å². The van der Waals surface area contributed by atoms with E-state index in [1.807, 2.05) is 12.1 Å². The Hall–Kier alpha value is -2.77. The SMILES string of the molecule is COc1cc(OC)c(OC)cc1CN1CCC2(CC1)C[C@H]2C(=O)N1CCN(Cc2ccccc2)CC1. The first-order valence-corrected chi connectivity index (χ1v) is 13.1. The molecule has 1 atom stereocenters. The molecule has 2 aromatic rings. The molecule has 2 aromatic carbocycles. The highest BCUT2D eigenvalue weighted by Crippen LogP contribution is 2.60. The molecule has 1 amide bonds. The van der Waals surface area contributed by atoms with E-state index in [0.29, 0.717) is 11.7 Å². The largest absolute Gasteiger partial charge is 0.496 e. The summed E-state index contributed by atoms with van der Waals surface area (Å²) in [6, 6.07) is 14.5. The summed E-state index contributed by atoms with van der Waals surface area (Å²) in [6.07, 6.45) is 3.24. The lowest BCUT2D eigenvalue weighted by molar-refractivity contribution is -0.135. The standard InChI is InChI=1S/C29H39N3O4/c1-34-25-18-27(36-3)26(35-2)17-23(25)21-30-11-9-29(10-12-30)19-24(29)28(33)32-15-13-31(14-16-32)20-22-7-5-4-6-8-22/h4-8,17-18,24H,9-16,19-21H2,1-3H3/t24-/m0/s1. The van der Waals surface area contributed by atoms with E-state index in [4.69, 9.17) is 14.2 Å². The normalized spacial score (nSPS) is 21.9. The highest BCUT2D eigenvalue weighted by atomic mass is 16.5. The van der Waals surface area contributed by atoms with E-state index in [2.05, 4.69) is 45.0 Å². The molecule has 7 nitrogen and oxygen atoms in total. The number of rotatable bonds is 8. The van der Waals surface area contributed by atoms with Gasteiger partial charge in [-0.2, -0.15) is 0 Å². The fraction of sp³-hybridized carbons (Fsp3) is 0.552. The third kappa shape index (κ3) is 5.18. The van der Waals surface area contributed by atoms with Crippen molar-refractivity contribution in [3.8, 4) is 17.2 Å². The minimum absolute atomic E-state index is 0.218. The summed E-state index contributed by atoms with van der Waals surface area (Å²) in [5.41, 5.74) is 2.66. The third-order valence-corrected chi connectivity index (χ3v) is 8.45. The predicted molar refractivity (Wildman–Crippen MR) is 139 cm³/mol. The molecule has 2 aliphatic heterocycles. The van der Waals surface area contributed by atoms with Crippen LogP contribution in [0.2, 0.25) is 0 Å². The first-order valence-electron chi connectivity index (χ1n) is 13.1. The van der Waals surface area contributed by atoms with Gasteiger partial charge in [0.1, 0.15) is 5.75 Å². The van der Waals surface area contributed by atoms with Crippen LogP contribution in [0.3, 0.4) is 0 Å². The summed E-state index contributed by atoms with van der Waals surface area (Å²) in [6.45, 7) is 7.41. The lowest BCUT2D eigenvalue weighted by Crippen LogP contribution is -2.49. The van der Waals surface area contributed by atoms with E-state index >= 15 is 0 Å². The van der Waals surface area contributed by atoms with E-state index < -0.39 is 0 Å². The Morgan fingerprint density at radius 1 is 0.806 bits per heavy atom. The molecule has 2 heterocycles. The van der Waals surface area contributed by atoms with E-state index in [1.165, 1.54) is 5.56 Å². The van der Waals surface area contributed by atoms with E-state index in [-0.39, 0.29) is 11.3 Å². The smallest absolute Gasteiger partial charge is 0.226 e. The topological polar surface area (TPSA) is 54.5 Å². The van der Waals surface area contributed by atoms with Crippen molar-refractivity contribution in [1.82, 2.24) is 14.7 Å². The zero-order valence-electron chi connectivity index (χ0n) is 21.9. The molecule has 3 aliphatic rings. The minimum atomic E-state index is 0.218. The van der Waals surface area contributed by atoms with Gasteiger partial charge in [0.25, 0.3) is 0 Å². The van der Waals surface area contributed by atoms with Crippen molar-refractivity contribution in [3.05, 3.63) is 53.6 Å². The van der Waals surface area contributed by atoms with Gasteiger partial charge >= 0.3 is 0 Å². The number of methoxy groups -OCH3 is 3. The number of piperazine rings is 1. The van der Waals surface area contributed by atoms with Crippen molar-refractivity contribution in [3.63, 3.8) is 0 Å². The van der Waals surface area contributed by atoms with Crippen molar-refractivity contribution in [2.24, 2.45) is 11.3 Å². The van der Waals surface area contributed by atoms with Gasteiger partial charge in [-0.15, -0.1) is 0 Å². The van der Waals surface area contributed by atoms with Gasteiger partial charge in [0.2, 0.25) is 5.91 Å². The van der Waals surface area contributed by atoms with Crippen LogP contribution in [0.15, 0.2) is 42.5 Å². The molecular formula is C29H39N3O4. The van der Waals surface area contributed by atoms with Crippen LogP contribution in [0.25, 0.3) is 0 Å². The number of likely N-dealkylation sites (tertiary alicyclic amines) is 1. The number of benzene rings is 2. The van der Waals surface area contributed by atoms with Crippen molar-refractivity contribution in [2.45, 2.75) is 32.4 Å². The maximum Gasteiger partial charge on any atom is 0.226 e. The maximum atomic E-state index is 13.3. The van der Waals surface area contributed by atoms with Crippen molar-refractivity contribution >= 4 is 5.91 Å². The Morgan fingerprint density at radius 3 is 2.06 bits per heavy atom. The number of ether oxygens (including phenoxy) is 3. The molecule has 1 spiro atoms. The van der Waals surface area contributed by atoms with E-state index in [1.54, 1.807) is 21.3 Å². The molecule has 0 bridgehead atoms. The number of carbonyl (C=O) groups is 1. The molecule has 0 aromatic heterocycles. The molecule has 0 N–H and O–H groups in total. The second kappa shape index (κ2) is 10.7. The Bertz CT molecular complexity index is 1040. The second-order valence-corrected chi connectivity index (χ2v) is 10.5. The zero-order valence-corrected chi connectivity index (χ0v) is 21.9. The van der Waals surface area contributed by atoms with Crippen molar-refractivity contribution in [2.75, 3.05) is 60.6 Å². The van der Waals surface area contributed by atoms with Gasteiger partial charge in [0, 0.05) is 56.8 Å². The quantitative estimate of drug-likeness (QED) is 0.560. The van der Waals surface area contributed by atoms with Crippen LogP contribution in [0.1, 0.15) is 30.4 Å². The number of hydrogen-bond donors (Lipinski definition) is 0. The Balaban J connectivity index is 1.11. The lowest BCUT2D eigenvalue weighted by Gasteiger charge is -2.36. The number of amides is 1. The van der Waals surface area contributed by atoms with Crippen LogP contribution in [0.4, 0.5) is 0 Å². The Kier molecular flexibility index (Phi) is 7.39. The first-order chi connectivity index (χ1) is 17.5. The van der Waals surface area contributed by atoms with Crippen molar-refractivity contribution in [1.29, 1.82) is 0 Å². The second-order valence-electron chi connectivity index (χ2n) is 10.5. The molecule has 1 aliphatic carbocycles. The van der Waals surface area contributed by atoms with Crippen LogP contribution in [0.5, 0.6) is 17.2 Å². The average Bonchev–Trinajstić information content (AvgIpc) is 3.63. The molecule has 0 radical (unpaired) electrons. The minimum Gasteiger partial charge on any atom is -0.496 e. The van der Waals surface area contributed by atoms with E-state index in [0.717, 1.165) is 88.7 Å². The van der Waals surface area contributed by atoms with Gasteiger partial charge in [-0.05, 0) is 49.4 Å². The molecule has 1 saturated carbocycles. The van der Waals surface area contributed by atoms with Crippen LogP contribution in [-0.4, -0.2) is 81.2 Å². The number of hydrogen-bond acceptors (Lipinski definition) is 6. The summed E-state index contributed by atoms with van der Waals surface area (Å²) in [5, 5.41) is 0. The average molecular weight is 494 g/mol. The number of nitrogens with zero attached hydrogens (tertiary/aromatic N) is 3. The summed E-state index contributed by atoms with van der Waals surface area (Å²) in [4.78, 5) is 20.4. The fourth-order valence-electron chi connectivity index (χ4n) is 6.05. The van der Waals surface area contributed by atoms with Gasteiger partial charge in [-0.3, -0.25) is 14.6 Å². The van der Waals surface area contributed by atoms with Crippen LogP contribution < -0.4 is 14.2 Å². The molecule has 194 valence electrons. The zero-order chi connectivity index (χ0) is 25.1. The Labute approximate surface area is 214 Å². The fourth-order valence-corrected chi connectivity index (χ4v) is 6.05. The highest BCUT2D eigenvalue weighted by molar-refractivity contribution is 5.83. The molecule has 2 saturated heterocycles. The Morgan fingerprint density at radius 2 is 1.42 bits per heavy atom. The third-order valence-electron chi connectivity index (χ3n) is 8.45. The summed E-state index contributed by atoms with van der Waals surface area (Å²) in [7, 11) is 4.99. The van der Waals surface area contributed by atoms with Gasteiger partial charge in [0.05, 0.1) is 21.3 Å². The van der Waals surface area contributed by atoms with Crippen molar-refractivity contribution < 1.29 is 19.0 Å². The molecule has 0 unspecified atom stereocenters. The molecule has 36 heavy (non-hydrogen) atoms. The number of piperidine rings is 1. The summed E-state index contributed by atoms with van der Waals surface area (Å²) >= 11 is 0. The number of carbonyl (C=O) groups excluding carboxylic acids is 1. The highest BCUT2D eigenvalue weighted by Gasteiger charge is 2.59. The monoisotopic (exact) mass is 493 g/mol. The van der Waals surface area contributed by atoms with Gasteiger partial charge in [-0.1, -0.05) is 30.3 Å². The lowest BCUT2D eigenvalue weighted by atomic mass is 9.90. The van der Waals surface area contributed by atoms with Gasteiger partial charge < -0.3 is 19.1 Å². The summed E-state index contributed by atoms with van der Waals surface area (Å²) < 4.78 is 16.5. The first kappa shape index (κ1) is 24.9. The van der Waals surface area contributed by atoms with Gasteiger partial charge in [0.15, 0.2) is 11.5 Å². The molecule has 3 fully saturated rings. The maximum absolute atomic E-state index is 13.3.